The zero-order valence-corrected chi connectivity index (χ0v) is 16.1. The molecule has 1 aromatic rings. The van der Waals surface area contributed by atoms with E-state index in [1.54, 1.807) is 12.1 Å². The van der Waals surface area contributed by atoms with Gasteiger partial charge in [0, 0.05) is 37.1 Å². The number of rotatable bonds is 3. The molecule has 0 N–H and O–H groups in total. The second-order valence-electron chi connectivity index (χ2n) is 7.16. The lowest BCUT2D eigenvalue weighted by atomic mass is 9.93. The number of benzene rings is 1. The van der Waals surface area contributed by atoms with Crippen LogP contribution in [0.25, 0.3) is 0 Å². The fourth-order valence-corrected chi connectivity index (χ4v) is 5.34. The summed E-state index contributed by atoms with van der Waals surface area (Å²) in [7, 11) is -3.51. The summed E-state index contributed by atoms with van der Waals surface area (Å²) < 4.78 is 26.9. The summed E-state index contributed by atoms with van der Waals surface area (Å²) in [6, 6.07) is 6.23. The van der Waals surface area contributed by atoms with Gasteiger partial charge in [-0.15, -0.1) is 0 Å². The van der Waals surface area contributed by atoms with Gasteiger partial charge in [0.15, 0.2) is 0 Å². The minimum Gasteiger partial charge on any atom is -0.342 e. The van der Waals surface area contributed by atoms with E-state index in [0.29, 0.717) is 36.9 Å². The van der Waals surface area contributed by atoms with E-state index in [1.165, 1.54) is 22.9 Å². The van der Waals surface area contributed by atoms with Crippen molar-refractivity contribution < 1.29 is 13.2 Å². The molecule has 2 aliphatic heterocycles. The Morgan fingerprint density at radius 1 is 1.08 bits per heavy atom. The molecule has 138 valence electrons. The van der Waals surface area contributed by atoms with E-state index in [9.17, 15) is 13.2 Å². The lowest BCUT2D eigenvalue weighted by Crippen LogP contribution is -2.46. The van der Waals surface area contributed by atoms with Crippen LogP contribution in [0.4, 0.5) is 0 Å². The maximum atomic E-state index is 12.7. The van der Waals surface area contributed by atoms with Crippen molar-refractivity contribution in [2.24, 2.45) is 11.8 Å². The molecule has 25 heavy (non-hydrogen) atoms. The maximum absolute atomic E-state index is 12.7. The van der Waals surface area contributed by atoms with Gasteiger partial charge in [-0.3, -0.25) is 4.79 Å². The Morgan fingerprint density at radius 2 is 1.72 bits per heavy atom. The highest BCUT2D eigenvalue weighted by atomic mass is 35.5. The molecule has 2 aliphatic rings. The van der Waals surface area contributed by atoms with Crippen molar-refractivity contribution in [2.45, 2.75) is 37.5 Å². The second-order valence-corrected chi connectivity index (χ2v) is 9.54. The lowest BCUT2D eigenvalue weighted by molar-refractivity contribution is -0.138. The molecule has 5 nitrogen and oxygen atoms in total. The van der Waals surface area contributed by atoms with Crippen LogP contribution < -0.4 is 0 Å². The van der Waals surface area contributed by atoms with Crippen LogP contribution in [0, 0.1) is 11.8 Å². The Labute approximate surface area is 155 Å². The number of carbonyl (C=O) groups is 1. The Bertz CT molecular complexity index is 712. The molecule has 0 aromatic heterocycles. The SMILES string of the molecule is CC1CCCN(C(=O)C2CCN(S(=O)(=O)c3ccc(Cl)cc3)CC2)C1. The predicted octanol–water partition coefficient (Wildman–Crippen LogP) is 3.00. The normalized spacial score (nSPS) is 23.6. The molecule has 2 heterocycles. The zero-order chi connectivity index (χ0) is 18.0. The molecule has 1 aromatic carbocycles. The summed E-state index contributed by atoms with van der Waals surface area (Å²) in [5.41, 5.74) is 0. The monoisotopic (exact) mass is 384 g/mol. The van der Waals surface area contributed by atoms with Crippen molar-refractivity contribution in [3.05, 3.63) is 29.3 Å². The first-order valence-electron chi connectivity index (χ1n) is 8.92. The van der Waals surface area contributed by atoms with Gasteiger partial charge in [0.2, 0.25) is 15.9 Å². The van der Waals surface area contributed by atoms with Crippen molar-refractivity contribution in [3.8, 4) is 0 Å². The quantitative estimate of drug-likeness (QED) is 0.804. The Balaban J connectivity index is 1.61. The number of nitrogens with zero attached hydrogens (tertiary/aromatic N) is 2. The highest BCUT2D eigenvalue weighted by Gasteiger charge is 2.34. The number of hydrogen-bond acceptors (Lipinski definition) is 3. The van der Waals surface area contributed by atoms with Gasteiger partial charge in [0.05, 0.1) is 4.90 Å². The first-order chi connectivity index (χ1) is 11.9. The molecule has 1 atom stereocenters. The van der Waals surface area contributed by atoms with Gasteiger partial charge < -0.3 is 4.90 Å². The van der Waals surface area contributed by atoms with Crippen LogP contribution in [0.1, 0.15) is 32.6 Å². The van der Waals surface area contributed by atoms with Gasteiger partial charge in [0.1, 0.15) is 0 Å². The van der Waals surface area contributed by atoms with E-state index in [4.69, 9.17) is 11.6 Å². The third-order valence-electron chi connectivity index (χ3n) is 5.22. The average molecular weight is 385 g/mol. The van der Waals surface area contributed by atoms with Crippen LogP contribution in [0.5, 0.6) is 0 Å². The Hall–Kier alpha value is -1.11. The van der Waals surface area contributed by atoms with E-state index in [2.05, 4.69) is 6.92 Å². The van der Waals surface area contributed by atoms with Crippen molar-refractivity contribution in [3.63, 3.8) is 0 Å². The van der Waals surface area contributed by atoms with Crippen molar-refractivity contribution in [2.75, 3.05) is 26.2 Å². The summed E-state index contributed by atoms with van der Waals surface area (Å²) in [6.45, 7) is 4.64. The number of amides is 1. The summed E-state index contributed by atoms with van der Waals surface area (Å²) in [4.78, 5) is 14.9. The molecule has 3 rings (SSSR count). The van der Waals surface area contributed by atoms with Crippen LogP contribution in [-0.2, 0) is 14.8 Å². The lowest BCUT2D eigenvalue weighted by Gasteiger charge is -2.36. The summed E-state index contributed by atoms with van der Waals surface area (Å²) in [5.74, 6) is 0.708. The molecule has 2 saturated heterocycles. The largest absolute Gasteiger partial charge is 0.342 e. The minimum atomic E-state index is -3.51. The predicted molar refractivity (Wildman–Crippen MR) is 97.9 cm³/mol. The average Bonchev–Trinajstić information content (AvgIpc) is 2.61. The van der Waals surface area contributed by atoms with E-state index in [-0.39, 0.29) is 16.7 Å². The van der Waals surface area contributed by atoms with Crippen LogP contribution in [0.3, 0.4) is 0 Å². The van der Waals surface area contributed by atoms with Gasteiger partial charge in [0.25, 0.3) is 0 Å². The van der Waals surface area contributed by atoms with Crippen LogP contribution in [0.15, 0.2) is 29.2 Å². The molecular weight excluding hydrogens is 360 g/mol. The highest BCUT2D eigenvalue weighted by molar-refractivity contribution is 7.89. The van der Waals surface area contributed by atoms with Crippen LogP contribution in [-0.4, -0.2) is 49.7 Å². The van der Waals surface area contributed by atoms with Crippen molar-refractivity contribution in [1.29, 1.82) is 0 Å². The molecule has 0 saturated carbocycles. The standard InChI is InChI=1S/C18H25ClN2O3S/c1-14-3-2-10-20(13-14)18(22)15-8-11-21(12-9-15)25(23,24)17-6-4-16(19)5-7-17/h4-7,14-15H,2-3,8-13H2,1H3. The van der Waals surface area contributed by atoms with E-state index in [0.717, 1.165) is 19.5 Å². The molecule has 1 unspecified atom stereocenters. The number of sulfonamides is 1. The number of hydrogen-bond donors (Lipinski definition) is 0. The molecule has 2 fully saturated rings. The Kier molecular flexibility index (Phi) is 5.71. The Morgan fingerprint density at radius 3 is 2.32 bits per heavy atom. The fourth-order valence-electron chi connectivity index (χ4n) is 3.75. The number of carbonyl (C=O) groups excluding carboxylic acids is 1. The molecule has 0 aliphatic carbocycles. The van der Waals surface area contributed by atoms with E-state index < -0.39 is 10.0 Å². The van der Waals surface area contributed by atoms with Gasteiger partial charge in [-0.05, 0) is 55.9 Å². The topological polar surface area (TPSA) is 57.7 Å². The molecule has 0 radical (unpaired) electrons. The summed E-state index contributed by atoms with van der Waals surface area (Å²) >= 11 is 5.83. The first kappa shape index (κ1) is 18.7. The van der Waals surface area contributed by atoms with E-state index >= 15 is 0 Å². The van der Waals surface area contributed by atoms with Crippen LogP contribution >= 0.6 is 11.6 Å². The fraction of sp³-hybridized carbons (Fsp3) is 0.611. The molecule has 0 spiro atoms. The summed E-state index contributed by atoms with van der Waals surface area (Å²) in [5, 5.41) is 0.513. The van der Waals surface area contributed by atoms with Crippen molar-refractivity contribution in [1.82, 2.24) is 9.21 Å². The zero-order valence-electron chi connectivity index (χ0n) is 14.5. The third-order valence-corrected chi connectivity index (χ3v) is 7.39. The number of halogens is 1. The van der Waals surface area contributed by atoms with Crippen LogP contribution in [0.2, 0.25) is 5.02 Å². The van der Waals surface area contributed by atoms with E-state index in [1.807, 2.05) is 4.90 Å². The highest BCUT2D eigenvalue weighted by Crippen LogP contribution is 2.27. The van der Waals surface area contributed by atoms with Gasteiger partial charge in [-0.2, -0.15) is 4.31 Å². The number of likely N-dealkylation sites (tertiary alicyclic amines) is 1. The van der Waals surface area contributed by atoms with Gasteiger partial charge in [-0.25, -0.2) is 8.42 Å². The van der Waals surface area contributed by atoms with Gasteiger partial charge >= 0.3 is 0 Å². The first-order valence-corrected chi connectivity index (χ1v) is 10.7. The second kappa shape index (κ2) is 7.64. The van der Waals surface area contributed by atoms with Crippen molar-refractivity contribution >= 4 is 27.5 Å². The molecular formula is C18H25ClN2O3S. The number of piperidine rings is 2. The maximum Gasteiger partial charge on any atom is 0.243 e. The molecule has 0 bridgehead atoms. The molecule has 7 heteroatoms. The van der Waals surface area contributed by atoms with Gasteiger partial charge in [-0.1, -0.05) is 18.5 Å². The third kappa shape index (κ3) is 4.18. The minimum absolute atomic E-state index is 0.0537. The molecule has 1 amide bonds. The smallest absolute Gasteiger partial charge is 0.243 e. The summed E-state index contributed by atoms with van der Waals surface area (Å²) in [6.07, 6.45) is 3.44.